The van der Waals surface area contributed by atoms with Crippen molar-refractivity contribution in [3.63, 3.8) is 0 Å². The van der Waals surface area contributed by atoms with Gasteiger partial charge in [-0.05, 0) is 87.4 Å². The van der Waals surface area contributed by atoms with Crippen LogP contribution in [0.4, 0.5) is 5.69 Å². The van der Waals surface area contributed by atoms with Gasteiger partial charge in [0.05, 0.1) is 11.0 Å². The van der Waals surface area contributed by atoms with Crippen LogP contribution in [0.25, 0.3) is 0 Å². The molecule has 2 heterocycles. The first-order chi connectivity index (χ1) is 20.5. The molecule has 1 aromatic rings. The number of rotatable bonds is 7. The van der Waals surface area contributed by atoms with Gasteiger partial charge < -0.3 is 9.80 Å². The Kier molecular flexibility index (Phi) is 12.1. The van der Waals surface area contributed by atoms with Gasteiger partial charge in [0.2, 0.25) is 10.0 Å². The Morgan fingerprint density at radius 2 is 1.37 bits per heavy atom. The fraction of sp³-hybridized carbons (Fsp3) is 0.710. The lowest BCUT2D eigenvalue weighted by molar-refractivity contribution is 0.187. The van der Waals surface area contributed by atoms with E-state index in [2.05, 4.69) is 17.5 Å². The van der Waals surface area contributed by atoms with Crippen LogP contribution >= 0.6 is 0 Å². The first-order valence-corrected chi connectivity index (χ1v) is 18.7. The van der Waals surface area contributed by atoms with Crippen LogP contribution in [0.5, 0.6) is 0 Å². The number of nitriles is 1. The van der Waals surface area contributed by atoms with Crippen molar-refractivity contribution in [3.05, 3.63) is 36.4 Å². The molecule has 0 radical (unpaired) electrons. The number of hydrogen-bond donors (Lipinski definition) is 0. The zero-order valence-corrected chi connectivity index (χ0v) is 27.7. The number of anilines is 1. The Bertz CT molecular complexity index is 1310. The average molecular weight is 635 g/mol. The molecule has 2 saturated heterocycles. The van der Waals surface area contributed by atoms with Crippen LogP contribution in [-0.2, 0) is 20.2 Å². The maximum Gasteiger partial charge on any atom is 0.282 e. The molecular formula is C31H50N6O4S2. The predicted molar refractivity (Wildman–Crippen MR) is 171 cm³/mol. The number of piperidine rings is 1. The molecule has 43 heavy (non-hydrogen) atoms. The van der Waals surface area contributed by atoms with Crippen molar-refractivity contribution in [1.29, 1.82) is 5.26 Å². The monoisotopic (exact) mass is 634 g/mol. The molecule has 0 bridgehead atoms. The molecule has 1 aliphatic carbocycles. The minimum atomic E-state index is -3.83. The second kappa shape index (κ2) is 15.3. The first-order valence-electron chi connectivity index (χ1n) is 15.8. The normalized spacial score (nSPS) is 22.9. The number of nitrogens with zero attached hydrogens (tertiary/aromatic N) is 6. The number of hydrogen-bond acceptors (Lipinski definition) is 7. The van der Waals surface area contributed by atoms with Crippen LogP contribution < -0.4 is 4.90 Å². The van der Waals surface area contributed by atoms with E-state index in [1.807, 2.05) is 19.0 Å². The largest absolute Gasteiger partial charge is 0.378 e. The minimum Gasteiger partial charge on any atom is -0.378 e. The summed E-state index contributed by atoms with van der Waals surface area (Å²) in [7, 11) is -3.80. The molecule has 12 heteroatoms. The molecule has 3 aliphatic rings. The fourth-order valence-electron chi connectivity index (χ4n) is 6.52. The third kappa shape index (κ3) is 9.02. The van der Waals surface area contributed by atoms with Crippen molar-refractivity contribution >= 4 is 25.9 Å². The van der Waals surface area contributed by atoms with Gasteiger partial charge >= 0.3 is 0 Å². The van der Waals surface area contributed by atoms with Gasteiger partial charge in [-0.25, -0.2) is 8.42 Å². The van der Waals surface area contributed by atoms with Crippen LogP contribution in [0.3, 0.4) is 0 Å². The van der Waals surface area contributed by atoms with E-state index < -0.39 is 20.2 Å². The summed E-state index contributed by atoms with van der Waals surface area (Å²) in [5.74, 6) is 0.518. The highest BCUT2D eigenvalue weighted by atomic mass is 32.2. The molecule has 10 nitrogen and oxygen atoms in total. The third-order valence-electron chi connectivity index (χ3n) is 9.08. The Balaban J connectivity index is 1.57. The lowest BCUT2D eigenvalue weighted by atomic mass is 9.89. The van der Waals surface area contributed by atoms with E-state index in [1.54, 1.807) is 24.3 Å². The predicted octanol–water partition coefficient (Wildman–Crippen LogP) is 3.76. The van der Waals surface area contributed by atoms with Crippen molar-refractivity contribution in [2.24, 2.45) is 11.8 Å². The highest BCUT2D eigenvalue weighted by molar-refractivity contribution is 7.89. The van der Waals surface area contributed by atoms with Gasteiger partial charge in [0, 0.05) is 71.5 Å². The van der Waals surface area contributed by atoms with E-state index in [-0.39, 0.29) is 23.9 Å². The van der Waals surface area contributed by atoms with E-state index in [1.165, 1.54) is 45.0 Å². The van der Waals surface area contributed by atoms with Gasteiger partial charge in [0.1, 0.15) is 0 Å². The van der Waals surface area contributed by atoms with E-state index in [4.69, 9.17) is 0 Å². The number of sulfonamides is 1. The smallest absolute Gasteiger partial charge is 0.282 e. The molecule has 4 rings (SSSR count). The Morgan fingerprint density at radius 1 is 0.791 bits per heavy atom. The zero-order valence-electron chi connectivity index (χ0n) is 26.0. The summed E-state index contributed by atoms with van der Waals surface area (Å²) < 4.78 is 60.0. The van der Waals surface area contributed by atoms with E-state index in [0.29, 0.717) is 63.4 Å². The van der Waals surface area contributed by atoms with Gasteiger partial charge in [-0.15, -0.1) is 0 Å². The van der Waals surface area contributed by atoms with Gasteiger partial charge in [-0.2, -0.15) is 26.6 Å². The van der Waals surface area contributed by atoms with Crippen LogP contribution in [-0.4, -0.2) is 108 Å². The molecule has 0 atom stereocenters. The molecule has 0 amide bonds. The van der Waals surface area contributed by atoms with Crippen molar-refractivity contribution in [2.75, 3.05) is 77.9 Å². The van der Waals surface area contributed by atoms with E-state index >= 15 is 0 Å². The number of benzene rings is 1. The molecule has 1 saturated carbocycles. The first kappa shape index (κ1) is 33.9. The Labute approximate surface area is 260 Å². The highest BCUT2D eigenvalue weighted by Crippen LogP contribution is 2.27. The topological polar surface area (TPSA) is 108 Å². The van der Waals surface area contributed by atoms with Crippen LogP contribution in [0.2, 0.25) is 0 Å². The van der Waals surface area contributed by atoms with Gasteiger partial charge in [-0.3, -0.25) is 0 Å². The molecule has 240 valence electrons. The molecule has 0 N–H and O–H groups in total. The molecule has 0 aromatic heterocycles. The lowest BCUT2D eigenvalue weighted by Crippen LogP contribution is -2.49. The summed E-state index contributed by atoms with van der Waals surface area (Å²) in [6.07, 6.45) is 8.70. The van der Waals surface area contributed by atoms with Crippen molar-refractivity contribution < 1.29 is 16.8 Å². The Morgan fingerprint density at radius 3 is 1.95 bits per heavy atom. The zero-order chi connectivity index (χ0) is 31.0. The summed E-state index contributed by atoms with van der Waals surface area (Å²) in [6.45, 7) is 8.13. The van der Waals surface area contributed by atoms with Crippen LogP contribution in [0.15, 0.2) is 41.3 Å². The molecule has 0 spiro atoms. The van der Waals surface area contributed by atoms with Crippen LogP contribution in [0.1, 0.15) is 57.8 Å². The van der Waals surface area contributed by atoms with Crippen molar-refractivity contribution in [1.82, 2.24) is 17.8 Å². The molecular weight excluding hydrogens is 585 g/mol. The van der Waals surface area contributed by atoms with Gasteiger partial charge in [0.25, 0.3) is 10.2 Å². The molecule has 1 aromatic carbocycles. The minimum absolute atomic E-state index is 0.0584. The average Bonchev–Trinajstić information content (AvgIpc) is 2.99. The summed E-state index contributed by atoms with van der Waals surface area (Å²) >= 11 is 0. The van der Waals surface area contributed by atoms with E-state index in [0.717, 1.165) is 25.3 Å². The maximum atomic E-state index is 13.9. The van der Waals surface area contributed by atoms with Gasteiger partial charge in [-0.1, -0.05) is 25.8 Å². The van der Waals surface area contributed by atoms with Crippen LogP contribution in [0, 0.1) is 23.2 Å². The van der Waals surface area contributed by atoms with Crippen molar-refractivity contribution in [3.8, 4) is 6.07 Å². The standard InChI is InChI=1S/C31H50N6O4S2/c1-27-24-36(42(38,39)31-13-11-30(12-14-31)33(2)3)19-7-17-34(26-29-9-5-4-6-10-29)18-8-20-37(25-27)43(40,41)35-21-15-28(23-32)16-22-35/h11-14,28-29H,1,4-10,15-22,24-26H2,2-3H3. The third-order valence-corrected chi connectivity index (χ3v) is 12.9. The van der Waals surface area contributed by atoms with Crippen molar-refractivity contribution in [2.45, 2.75) is 62.7 Å². The SMILES string of the molecule is C=C1CN(S(=O)(=O)c2ccc(N(C)C)cc2)CCCN(CC2CCCCC2)CCCN(S(=O)(=O)N2CCC(C#N)CC2)C1. The highest BCUT2D eigenvalue weighted by Gasteiger charge is 2.34. The Hall–Kier alpha value is -2.01. The summed E-state index contributed by atoms with van der Waals surface area (Å²) in [6, 6.07) is 9.15. The summed E-state index contributed by atoms with van der Waals surface area (Å²) in [5.41, 5.74) is 1.46. The maximum absolute atomic E-state index is 13.9. The molecule has 0 unspecified atom stereocenters. The quantitative estimate of drug-likeness (QED) is 0.421. The molecule has 3 fully saturated rings. The second-order valence-corrected chi connectivity index (χ2v) is 16.5. The molecule has 2 aliphatic heterocycles. The fourth-order valence-corrected chi connectivity index (χ4v) is 9.73. The summed E-state index contributed by atoms with van der Waals surface area (Å²) in [4.78, 5) is 4.57. The van der Waals surface area contributed by atoms with E-state index in [9.17, 15) is 22.1 Å². The second-order valence-electron chi connectivity index (χ2n) is 12.6. The van der Waals surface area contributed by atoms with Gasteiger partial charge in [0.15, 0.2) is 0 Å². The lowest BCUT2D eigenvalue weighted by Gasteiger charge is -2.35. The summed E-state index contributed by atoms with van der Waals surface area (Å²) in [5, 5.41) is 9.29.